The van der Waals surface area contributed by atoms with Crippen molar-refractivity contribution in [3.63, 3.8) is 0 Å². The average molecular weight is 391 g/mol. The van der Waals surface area contributed by atoms with Crippen molar-refractivity contribution in [3.8, 4) is 0 Å². The lowest BCUT2D eigenvalue weighted by Crippen LogP contribution is -2.51. The zero-order valence-corrected chi connectivity index (χ0v) is 15.8. The Kier molecular flexibility index (Phi) is 5.46. The van der Waals surface area contributed by atoms with E-state index in [9.17, 15) is 13.2 Å². The minimum atomic E-state index is -3.78. The predicted molar refractivity (Wildman–Crippen MR) is 103 cm³/mol. The highest BCUT2D eigenvalue weighted by molar-refractivity contribution is 7.92. The molecule has 0 spiro atoms. The highest BCUT2D eigenvalue weighted by Crippen LogP contribution is 2.27. The van der Waals surface area contributed by atoms with Crippen molar-refractivity contribution < 1.29 is 13.2 Å². The molecule has 2 aromatic rings. The topological polar surface area (TPSA) is 66.5 Å². The minimum Gasteiger partial charge on any atom is -0.358 e. The smallest absolute Gasteiger partial charge is 0.238 e. The van der Waals surface area contributed by atoms with Crippen LogP contribution in [0.25, 0.3) is 6.08 Å². The van der Waals surface area contributed by atoms with Gasteiger partial charge in [-0.3, -0.25) is 4.79 Å². The Bertz CT molecular complexity index is 940. The summed E-state index contributed by atoms with van der Waals surface area (Å²) in [5, 5.41) is 4.28. The van der Waals surface area contributed by atoms with Gasteiger partial charge in [-0.15, -0.1) is 0 Å². The predicted octanol–water partition coefficient (Wildman–Crippen LogP) is 2.81. The summed E-state index contributed by atoms with van der Waals surface area (Å²) < 4.78 is 27.0. The van der Waals surface area contributed by atoms with Gasteiger partial charge in [0.15, 0.2) is 0 Å². The number of sulfonamides is 1. The van der Waals surface area contributed by atoms with Gasteiger partial charge in [0.1, 0.15) is 6.04 Å². The van der Waals surface area contributed by atoms with Crippen LogP contribution in [-0.4, -0.2) is 31.7 Å². The first-order chi connectivity index (χ1) is 12.4. The number of carbonyl (C=O) groups is 1. The summed E-state index contributed by atoms with van der Waals surface area (Å²) in [5.74, 6) is -0.317. The second-order valence-corrected chi connectivity index (χ2v) is 8.25. The summed E-state index contributed by atoms with van der Waals surface area (Å²) in [4.78, 5) is 12.3. The molecule has 0 fully saturated rings. The zero-order valence-electron chi connectivity index (χ0n) is 14.2. The molecular weight excluding hydrogens is 372 g/mol. The van der Waals surface area contributed by atoms with Gasteiger partial charge in [0.2, 0.25) is 15.9 Å². The number of nitrogens with one attached hydrogen (secondary N) is 1. The highest BCUT2D eigenvalue weighted by Gasteiger charge is 2.37. The molecule has 1 atom stereocenters. The van der Waals surface area contributed by atoms with Crippen molar-refractivity contribution >= 4 is 33.6 Å². The Balaban J connectivity index is 1.92. The van der Waals surface area contributed by atoms with Crippen LogP contribution in [0, 0.1) is 0 Å². The Morgan fingerprint density at radius 2 is 1.81 bits per heavy atom. The summed E-state index contributed by atoms with van der Waals surface area (Å²) in [5.41, 5.74) is 2.62. The third kappa shape index (κ3) is 3.98. The fraction of sp³-hybridized carbons (Fsp3) is 0.211. The zero-order chi connectivity index (χ0) is 18.7. The Morgan fingerprint density at radius 3 is 2.46 bits per heavy atom. The molecule has 0 aromatic heterocycles. The van der Waals surface area contributed by atoms with Crippen LogP contribution in [0.3, 0.4) is 0 Å². The van der Waals surface area contributed by atoms with Gasteiger partial charge in [-0.25, -0.2) is 8.42 Å². The first-order valence-corrected chi connectivity index (χ1v) is 10.0. The number of halogens is 1. The van der Waals surface area contributed by atoms with E-state index in [2.05, 4.69) is 5.32 Å². The number of amides is 1. The number of hydrogen-bond acceptors (Lipinski definition) is 3. The molecule has 0 saturated carbocycles. The van der Waals surface area contributed by atoms with Crippen LogP contribution in [0.1, 0.15) is 16.7 Å². The number of fused-ring (bicyclic) bond motifs is 1. The standard InChI is InChI=1S/C19H19ClN2O3S/c1-21-19(23)18-12-15-4-2-3-5-16(15)13-22(18)26(24,25)11-10-14-6-8-17(20)9-7-14/h2-11,18H,12-13H2,1H3,(H,21,23)/b11-10+. The quantitative estimate of drug-likeness (QED) is 0.872. The van der Waals surface area contributed by atoms with Gasteiger partial charge in [0.05, 0.1) is 0 Å². The molecule has 1 aliphatic rings. The molecule has 3 rings (SSSR count). The maximum atomic E-state index is 12.9. The van der Waals surface area contributed by atoms with Gasteiger partial charge in [0.25, 0.3) is 0 Å². The number of hydrogen-bond donors (Lipinski definition) is 1. The van der Waals surface area contributed by atoms with E-state index in [1.54, 1.807) is 24.3 Å². The lowest BCUT2D eigenvalue weighted by Gasteiger charge is -2.33. The van der Waals surface area contributed by atoms with Gasteiger partial charge >= 0.3 is 0 Å². The Labute approximate surface area is 158 Å². The molecule has 0 saturated heterocycles. The van der Waals surface area contributed by atoms with Crippen LogP contribution in [-0.2, 0) is 27.8 Å². The highest BCUT2D eigenvalue weighted by atomic mass is 35.5. The fourth-order valence-electron chi connectivity index (χ4n) is 2.97. The molecule has 1 aliphatic heterocycles. The molecule has 1 heterocycles. The molecule has 1 unspecified atom stereocenters. The summed E-state index contributed by atoms with van der Waals surface area (Å²) in [6, 6.07) is 13.7. The number of carbonyl (C=O) groups excluding carboxylic acids is 1. The van der Waals surface area contributed by atoms with Crippen LogP contribution < -0.4 is 5.32 Å². The third-order valence-corrected chi connectivity index (χ3v) is 6.15. The van der Waals surface area contributed by atoms with E-state index in [4.69, 9.17) is 11.6 Å². The van der Waals surface area contributed by atoms with E-state index < -0.39 is 16.1 Å². The second-order valence-electron chi connectivity index (χ2n) is 6.05. The van der Waals surface area contributed by atoms with Crippen LogP contribution in [0.4, 0.5) is 0 Å². The van der Waals surface area contributed by atoms with Crippen LogP contribution in [0.2, 0.25) is 5.02 Å². The van der Waals surface area contributed by atoms with Gasteiger partial charge in [-0.1, -0.05) is 48.0 Å². The molecule has 1 amide bonds. The molecule has 136 valence electrons. The third-order valence-electron chi connectivity index (χ3n) is 4.38. The molecule has 0 radical (unpaired) electrons. The molecule has 0 bridgehead atoms. The van der Waals surface area contributed by atoms with Gasteiger partial charge in [-0.2, -0.15) is 4.31 Å². The maximum absolute atomic E-state index is 12.9. The van der Waals surface area contributed by atoms with Crippen LogP contribution in [0.15, 0.2) is 53.9 Å². The molecule has 5 nitrogen and oxygen atoms in total. The normalized spacial score (nSPS) is 17.8. The molecule has 1 N–H and O–H groups in total. The number of nitrogens with zero attached hydrogens (tertiary/aromatic N) is 1. The van der Waals surface area contributed by atoms with E-state index >= 15 is 0 Å². The fourth-order valence-corrected chi connectivity index (χ4v) is 4.43. The molecule has 7 heteroatoms. The summed E-state index contributed by atoms with van der Waals surface area (Å²) >= 11 is 5.85. The van der Waals surface area contributed by atoms with Gasteiger partial charge in [0, 0.05) is 24.0 Å². The Morgan fingerprint density at radius 1 is 1.15 bits per heavy atom. The number of benzene rings is 2. The summed E-state index contributed by atoms with van der Waals surface area (Å²) in [6.45, 7) is 0.168. The lowest BCUT2D eigenvalue weighted by atomic mass is 9.95. The average Bonchev–Trinajstić information content (AvgIpc) is 2.66. The van der Waals surface area contributed by atoms with E-state index in [1.165, 1.54) is 17.4 Å². The molecule has 2 aromatic carbocycles. The second kappa shape index (κ2) is 7.61. The van der Waals surface area contributed by atoms with E-state index in [0.29, 0.717) is 17.0 Å². The van der Waals surface area contributed by atoms with E-state index in [0.717, 1.165) is 16.5 Å². The largest absolute Gasteiger partial charge is 0.358 e. The number of likely N-dealkylation sites (N-methyl/N-ethyl adjacent to an activating group) is 1. The lowest BCUT2D eigenvalue weighted by molar-refractivity contribution is -0.124. The van der Waals surface area contributed by atoms with Crippen LogP contribution >= 0.6 is 11.6 Å². The summed E-state index contributed by atoms with van der Waals surface area (Å²) in [6.07, 6.45) is 1.86. The van der Waals surface area contributed by atoms with Crippen molar-refractivity contribution in [2.24, 2.45) is 0 Å². The first-order valence-electron chi connectivity index (χ1n) is 8.14. The monoisotopic (exact) mass is 390 g/mol. The Hall–Kier alpha value is -2.15. The van der Waals surface area contributed by atoms with Crippen molar-refractivity contribution in [3.05, 3.63) is 75.7 Å². The van der Waals surface area contributed by atoms with E-state index in [-0.39, 0.29) is 12.5 Å². The number of rotatable bonds is 4. The molecule has 0 aliphatic carbocycles. The van der Waals surface area contributed by atoms with Crippen molar-refractivity contribution in [1.82, 2.24) is 9.62 Å². The molecular formula is C19H19ClN2O3S. The van der Waals surface area contributed by atoms with Gasteiger partial charge in [-0.05, 0) is 41.3 Å². The first kappa shape index (κ1) is 18.6. The van der Waals surface area contributed by atoms with E-state index in [1.807, 2.05) is 24.3 Å². The van der Waals surface area contributed by atoms with Crippen molar-refractivity contribution in [1.29, 1.82) is 0 Å². The SMILES string of the molecule is CNC(=O)C1Cc2ccccc2CN1S(=O)(=O)/C=C/c1ccc(Cl)cc1. The maximum Gasteiger partial charge on any atom is 0.238 e. The van der Waals surface area contributed by atoms with Crippen molar-refractivity contribution in [2.45, 2.75) is 19.0 Å². The van der Waals surface area contributed by atoms with Crippen LogP contribution in [0.5, 0.6) is 0 Å². The van der Waals surface area contributed by atoms with Gasteiger partial charge < -0.3 is 5.32 Å². The van der Waals surface area contributed by atoms with Crippen molar-refractivity contribution in [2.75, 3.05) is 7.05 Å². The minimum absolute atomic E-state index is 0.168. The molecule has 26 heavy (non-hydrogen) atoms. The summed E-state index contributed by atoms with van der Waals surface area (Å²) in [7, 11) is -2.27.